The molecule has 2 aromatic carbocycles. The summed E-state index contributed by atoms with van der Waals surface area (Å²) < 4.78 is 27.6. The largest absolute Gasteiger partial charge is 0.381 e. The van der Waals surface area contributed by atoms with E-state index in [4.69, 9.17) is 11.6 Å². The summed E-state index contributed by atoms with van der Waals surface area (Å²) in [6.45, 7) is 3.98. The average Bonchev–Trinajstić information content (AvgIpc) is 2.95. The maximum Gasteiger partial charge on any atom is 0.265 e. The third-order valence-corrected chi connectivity index (χ3v) is 5.77. The Labute approximate surface area is 157 Å². The highest BCUT2D eigenvalue weighted by molar-refractivity contribution is 7.92. The number of sulfonamides is 1. The zero-order chi connectivity index (χ0) is 18.7. The summed E-state index contributed by atoms with van der Waals surface area (Å²) in [6, 6.07) is 14.7. The first-order chi connectivity index (χ1) is 12.3. The van der Waals surface area contributed by atoms with Crippen molar-refractivity contribution in [3.05, 3.63) is 70.5 Å². The van der Waals surface area contributed by atoms with Crippen LogP contribution >= 0.6 is 11.6 Å². The van der Waals surface area contributed by atoms with Crippen LogP contribution in [0.3, 0.4) is 0 Å². The van der Waals surface area contributed by atoms with Crippen molar-refractivity contribution in [2.24, 2.45) is 0 Å². The number of H-pyrrole nitrogens is 1. The first-order valence-electron chi connectivity index (χ1n) is 7.98. The summed E-state index contributed by atoms with van der Waals surface area (Å²) >= 11 is 5.87. The molecule has 0 fully saturated rings. The molecule has 0 amide bonds. The molecule has 8 heteroatoms. The maximum atomic E-state index is 12.5. The third-order valence-electron chi connectivity index (χ3n) is 3.88. The fourth-order valence-corrected chi connectivity index (χ4v) is 4.16. The Balaban J connectivity index is 1.67. The highest BCUT2D eigenvalue weighted by Crippen LogP contribution is 2.22. The summed E-state index contributed by atoms with van der Waals surface area (Å²) in [4.78, 5) is 0.183. The summed E-state index contributed by atoms with van der Waals surface area (Å²) in [5.74, 6) is 0. The van der Waals surface area contributed by atoms with Gasteiger partial charge in [0.1, 0.15) is 4.90 Å². The van der Waals surface area contributed by atoms with E-state index >= 15 is 0 Å². The predicted octanol–water partition coefficient (Wildman–Crippen LogP) is 4.09. The van der Waals surface area contributed by atoms with Crippen LogP contribution < -0.4 is 10.0 Å². The monoisotopic (exact) mass is 390 g/mol. The van der Waals surface area contributed by atoms with Crippen LogP contribution in [0.2, 0.25) is 5.02 Å². The van der Waals surface area contributed by atoms with Gasteiger partial charge >= 0.3 is 0 Å². The van der Waals surface area contributed by atoms with E-state index < -0.39 is 10.0 Å². The van der Waals surface area contributed by atoms with Crippen LogP contribution in [0.1, 0.15) is 17.0 Å². The number of halogens is 1. The van der Waals surface area contributed by atoms with Crippen molar-refractivity contribution in [2.75, 3.05) is 10.0 Å². The SMILES string of the molecule is Cc1n[nH]c(C)c1S(=O)(=O)Nc1ccc(NCc2ccc(Cl)cc2)cc1. The molecule has 0 bridgehead atoms. The molecule has 26 heavy (non-hydrogen) atoms. The number of rotatable bonds is 6. The van der Waals surface area contributed by atoms with Crippen LogP contribution in [0, 0.1) is 13.8 Å². The van der Waals surface area contributed by atoms with Gasteiger partial charge in [-0.1, -0.05) is 23.7 Å². The molecule has 3 aromatic rings. The zero-order valence-corrected chi connectivity index (χ0v) is 15.9. The van der Waals surface area contributed by atoms with Gasteiger partial charge in [0.15, 0.2) is 0 Å². The van der Waals surface area contributed by atoms with E-state index in [9.17, 15) is 8.42 Å². The minimum absolute atomic E-state index is 0.183. The van der Waals surface area contributed by atoms with Gasteiger partial charge in [-0.05, 0) is 55.8 Å². The Bertz CT molecular complexity index is 977. The van der Waals surface area contributed by atoms with Gasteiger partial charge < -0.3 is 5.32 Å². The molecule has 0 spiro atoms. The Hall–Kier alpha value is -2.51. The molecule has 3 rings (SSSR count). The smallest absolute Gasteiger partial charge is 0.265 e. The second kappa shape index (κ2) is 7.39. The topological polar surface area (TPSA) is 86.9 Å². The summed E-state index contributed by atoms with van der Waals surface area (Å²) in [6.07, 6.45) is 0. The van der Waals surface area contributed by atoms with Crippen LogP contribution in [-0.2, 0) is 16.6 Å². The molecule has 0 aliphatic rings. The summed E-state index contributed by atoms with van der Waals surface area (Å²) in [5, 5.41) is 10.6. The van der Waals surface area contributed by atoms with Gasteiger partial charge in [0.25, 0.3) is 10.0 Å². The van der Waals surface area contributed by atoms with Crippen molar-refractivity contribution >= 4 is 33.0 Å². The van der Waals surface area contributed by atoms with Crippen LogP contribution in [0.25, 0.3) is 0 Å². The zero-order valence-electron chi connectivity index (χ0n) is 14.4. The van der Waals surface area contributed by atoms with Gasteiger partial charge in [0.2, 0.25) is 0 Å². The Morgan fingerprint density at radius 1 is 1.00 bits per heavy atom. The summed E-state index contributed by atoms with van der Waals surface area (Å²) in [5.41, 5.74) is 3.43. The number of hydrogen-bond donors (Lipinski definition) is 3. The fraction of sp³-hybridized carbons (Fsp3) is 0.167. The second-order valence-electron chi connectivity index (χ2n) is 5.93. The number of benzene rings is 2. The second-order valence-corrected chi connectivity index (χ2v) is 7.98. The van der Waals surface area contributed by atoms with Gasteiger partial charge in [-0.15, -0.1) is 0 Å². The van der Waals surface area contributed by atoms with Gasteiger partial charge in [-0.25, -0.2) is 8.42 Å². The van der Waals surface area contributed by atoms with E-state index in [1.165, 1.54) is 0 Å². The van der Waals surface area contributed by atoms with Gasteiger partial charge in [-0.2, -0.15) is 5.10 Å². The van der Waals surface area contributed by atoms with Crippen molar-refractivity contribution in [1.82, 2.24) is 10.2 Å². The number of anilines is 2. The quantitative estimate of drug-likeness (QED) is 0.591. The minimum Gasteiger partial charge on any atom is -0.381 e. The van der Waals surface area contributed by atoms with Crippen LogP contribution in [0.15, 0.2) is 53.4 Å². The van der Waals surface area contributed by atoms with Crippen LogP contribution in [0.5, 0.6) is 0 Å². The predicted molar refractivity (Wildman–Crippen MR) is 104 cm³/mol. The molecule has 1 heterocycles. The van der Waals surface area contributed by atoms with Crippen LogP contribution in [0.4, 0.5) is 11.4 Å². The molecule has 0 saturated heterocycles. The fourth-order valence-electron chi connectivity index (χ4n) is 2.61. The molecule has 1 aromatic heterocycles. The Kier molecular flexibility index (Phi) is 5.20. The van der Waals surface area contributed by atoms with E-state index in [-0.39, 0.29) is 4.90 Å². The van der Waals surface area contributed by atoms with E-state index in [0.717, 1.165) is 11.3 Å². The molecule has 6 nitrogen and oxygen atoms in total. The first kappa shape index (κ1) is 18.3. The van der Waals surface area contributed by atoms with E-state index in [1.54, 1.807) is 26.0 Å². The highest BCUT2D eigenvalue weighted by atomic mass is 35.5. The lowest BCUT2D eigenvalue weighted by atomic mass is 10.2. The van der Waals surface area contributed by atoms with Gasteiger partial charge in [-0.3, -0.25) is 9.82 Å². The number of aromatic amines is 1. The van der Waals surface area contributed by atoms with Crippen molar-refractivity contribution in [1.29, 1.82) is 0 Å². The normalized spacial score (nSPS) is 11.3. The standard InChI is InChI=1S/C18H19ClN4O2S/c1-12-18(13(2)22-21-12)26(24,25)23-17-9-7-16(8-10-17)20-11-14-3-5-15(19)6-4-14/h3-10,20,23H,11H2,1-2H3,(H,21,22). The lowest BCUT2D eigenvalue weighted by Crippen LogP contribution is -2.14. The minimum atomic E-state index is -3.68. The molecular formula is C18H19ClN4O2S. The van der Waals surface area contributed by atoms with E-state index in [0.29, 0.717) is 28.6 Å². The van der Waals surface area contributed by atoms with Crippen molar-refractivity contribution < 1.29 is 8.42 Å². The number of aromatic nitrogens is 2. The number of hydrogen-bond acceptors (Lipinski definition) is 4. The molecule has 0 radical (unpaired) electrons. The average molecular weight is 391 g/mol. The molecule has 3 N–H and O–H groups in total. The first-order valence-corrected chi connectivity index (χ1v) is 9.84. The van der Waals surface area contributed by atoms with Crippen molar-refractivity contribution in [3.8, 4) is 0 Å². The van der Waals surface area contributed by atoms with E-state index in [2.05, 4.69) is 20.2 Å². The number of nitrogens with one attached hydrogen (secondary N) is 3. The van der Waals surface area contributed by atoms with Crippen LogP contribution in [-0.4, -0.2) is 18.6 Å². The van der Waals surface area contributed by atoms with Crippen molar-refractivity contribution in [2.45, 2.75) is 25.3 Å². The molecule has 0 aliphatic heterocycles. The number of nitrogens with zero attached hydrogens (tertiary/aromatic N) is 1. The third kappa shape index (κ3) is 4.17. The van der Waals surface area contributed by atoms with Gasteiger partial charge in [0, 0.05) is 22.9 Å². The Morgan fingerprint density at radius 3 is 2.19 bits per heavy atom. The maximum absolute atomic E-state index is 12.5. The highest BCUT2D eigenvalue weighted by Gasteiger charge is 2.22. The lowest BCUT2D eigenvalue weighted by Gasteiger charge is -2.10. The molecule has 0 unspecified atom stereocenters. The molecule has 0 saturated carbocycles. The Morgan fingerprint density at radius 2 is 1.62 bits per heavy atom. The lowest BCUT2D eigenvalue weighted by molar-refractivity contribution is 0.600. The molecule has 136 valence electrons. The van der Waals surface area contributed by atoms with E-state index in [1.807, 2.05) is 36.4 Å². The molecule has 0 atom stereocenters. The number of aryl methyl sites for hydroxylation is 2. The summed E-state index contributed by atoms with van der Waals surface area (Å²) in [7, 11) is -3.68. The molecule has 0 aliphatic carbocycles. The van der Waals surface area contributed by atoms with Gasteiger partial charge in [0.05, 0.1) is 11.4 Å². The molecular weight excluding hydrogens is 372 g/mol. The van der Waals surface area contributed by atoms with Crippen molar-refractivity contribution in [3.63, 3.8) is 0 Å².